The molecule has 0 amide bonds. The Morgan fingerprint density at radius 2 is 2.06 bits per heavy atom. The van der Waals surface area contributed by atoms with Gasteiger partial charge in [0.15, 0.2) is 4.90 Å². The summed E-state index contributed by atoms with van der Waals surface area (Å²) in [7, 11) is -3.90. The number of anilines is 1. The number of hydrogen-bond donors (Lipinski definition) is 1. The standard InChI is InChI=1S/C10H5ClN2O4S/c11-6-4-8(13(14)15)10-9-5(6)2-1-3-7(9)12-18(10,16)17/h1-4,12H. The molecule has 0 fully saturated rings. The minimum atomic E-state index is -3.90. The lowest BCUT2D eigenvalue weighted by Crippen LogP contribution is -2.08. The number of rotatable bonds is 1. The molecule has 6 nitrogen and oxygen atoms in total. The van der Waals surface area contributed by atoms with Crippen molar-refractivity contribution in [1.29, 1.82) is 0 Å². The van der Waals surface area contributed by atoms with Gasteiger partial charge in [-0.25, -0.2) is 8.42 Å². The molecule has 8 heteroatoms. The van der Waals surface area contributed by atoms with E-state index in [0.717, 1.165) is 6.07 Å². The third-order valence-electron chi connectivity index (χ3n) is 2.75. The van der Waals surface area contributed by atoms with E-state index in [4.69, 9.17) is 11.6 Å². The number of nitrogens with one attached hydrogen (secondary N) is 1. The van der Waals surface area contributed by atoms with Crippen LogP contribution in [0, 0.1) is 10.1 Å². The number of halogens is 1. The highest BCUT2D eigenvalue weighted by Gasteiger charge is 2.36. The minimum absolute atomic E-state index is 0.154. The molecule has 0 saturated heterocycles. The van der Waals surface area contributed by atoms with Crippen molar-refractivity contribution in [2.45, 2.75) is 4.90 Å². The number of nitrogens with zero attached hydrogens (tertiary/aromatic N) is 1. The fourth-order valence-electron chi connectivity index (χ4n) is 2.08. The third-order valence-corrected chi connectivity index (χ3v) is 4.51. The van der Waals surface area contributed by atoms with Crippen LogP contribution in [-0.2, 0) is 10.0 Å². The Hall–Kier alpha value is -1.86. The van der Waals surface area contributed by atoms with Crippen LogP contribution in [0.25, 0.3) is 10.8 Å². The first kappa shape index (κ1) is 11.2. The Morgan fingerprint density at radius 3 is 2.72 bits per heavy atom. The van der Waals surface area contributed by atoms with E-state index in [1.165, 1.54) is 6.07 Å². The summed E-state index contributed by atoms with van der Waals surface area (Å²) >= 11 is 5.94. The lowest BCUT2D eigenvalue weighted by Gasteiger charge is -2.02. The fourth-order valence-corrected chi connectivity index (χ4v) is 3.80. The Kier molecular flexibility index (Phi) is 2.08. The van der Waals surface area contributed by atoms with Gasteiger partial charge in [-0.3, -0.25) is 14.8 Å². The second-order valence-corrected chi connectivity index (χ2v) is 5.82. The summed E-state index contributed by atoms with van der Waals surface area (Å²) in [5.41, 5.74) is -0.196. The molecular weight excluding hydrogens is 280 g/mol. The highest BCUT2D eigenvalue weighted by molar-refractivity contribution is 7.93. The van der Waals surface area contributed by atoms with Crippen LogP contribution in [0.5, 0.6) is 0 Å². The first-order valence-electron chi connectivity index (χ1n) is 4.84. The zero-order valence-corrected chi connectivity index (χ0v) is 10.2. The van der Waals surface area contributed by atoms with Crippen molar-refractivity contribution >= 4 is 43.8 Å². The van der Waals surface area contributed by atoms with Crippen LogP contribution < -0.4 is 4.72 Å². The first-order chi connectivity index (χ1) is 8.42. The first-order valence-corrected chi connectivity index (χ1v) is 6.70. The second-order valence-electron chi connectivity index (χ2n) is 3.80. The van der Waals surface area contributed by atoms with E-state index in [9.17, 15) is 18.5 Å². The van der Waals surface area contributed by atoms with Crippen molar-refractivity contribution in [3.63, 3.8) is 0 Å². The van der Waals surface area contributed by atoms with E-state index in [1.807, 2.05) is 0 Å². The van der Waals surface area contributed by atoms with Crippen LogP contribution in [-0.4, -0.2) is 13.3 Å². The van der Waals surface area contributed by atoms with Gasteiger partial charge in [-0.05, 0) is 6.07 Å². The molecule has 2 aromatic rings. The van der Waals surface area contributed by atoms with Crippen LogP contribution in [0.2, 0.25) is 5.02 Å². The van der Waals surface area contributed by atoms with Gasteiger partial charge in [0.2, 0.25) is 0 Å². The Bertz CT molecular complexity index is 816. The number of nitro benzene ring substituents is 1. The molecule has 0 bridgehead atoms. The van der Waals surface area contributed by atoms with E-state index in [0.29, 0.717) is 11.1 Å². The van der Waals surface area contributed by atoms with E-state index < -0.39 is 20.6 Å². The minimum Gasteiger partial charge on any atom is -0.279 e. The maximum atomic E-state index is 11.9. The van der Waals surface area contributed by atoms with E-state index in [-0.39, 0.29) is 15.3 Å². The number of hydrogen-bond acceptors (Lipinski definition) is 4. The van der Waals surface area contributed by atoms with E-state index in [2.05, 4.69) is 4.72 Å². The quantitative estimate of drug-likeness (QED) is 0.643. The highest BCUT2D eigenvalue weighted by Crippen LogP contribution is 2.45. The van der Waals surface area contributed by atoms with Gasteiger partial charge in [0, 0.05) is 16.8 Å². The van der Waals surface area contributed by atoms with Crippen molar-refractivity contribution in [3.05, 3.63) is 39.4 Å². The van der Waals surface area contributed by atoms with Gasteiger partial charge in [-0.15, -0.1) is 0 Å². The lowest BCUT2D eigenvalue weighted by atomic mass is 10.1. The molecule has 0 radical (unpaired) electrons. The lowest BCUT2D eigenvalue weighted by molar-refractivity contribution is -0.387. The largest absolute Gasteiger partial charge is 0.292 e. The zero-order chi connectivity index (χ0) is 13.1. The van der Waals surface area contributed by atoms with Gasteiger partial charge in [0.25, 0.3) is 15.7 Å². The van der Waals surface area contributed by atoms with Crippen molar-refractivity contribution in [2.24, 2.45) is 0 Å². The molecule has 18 heavy (non-hydrogen) atoms. The van der Waals surface area contributed by atoms with Crippen LogP contribution in [0.4, 0.5) is 11.4 Å². The van der Waals surface area contributed by atoms with Crippen LogP contribution in [0.3, 0.4) is 0 Å². The number of nitro groups is 1. The summed E-state index contributed by atoms with van der Waals surface area (Å²) < 4.78 is 26.1. The van der Waals surface area contributed by atoms with Gasteiger partial charge in [0.05, 0.1) is 15.6 Å². The Morgan fingerprint density at radius 1 is 1.33 bits per heavy atom. The molecule has 0 aliphatic carbocycles. The molecule has 92 valence electrons. The summed E-state index contributed by atoms with van der Waals surface area (Å²) in [5.74, 6) is 0. The molecular formula is C10H5ClN2O4S. The third kappa shape index (κ3) is 1.31. The van der Waals surface area contributed by atoms with Gasteiger partial charge < -0.3 is 0 Å². The van der Waals surface area contributed by atoms with E-state index in [1.54, 1.807) is 12.1 Å². The Labute approximate surface area is 106 Å². The summed E-state index contributed by atoms with van der Waals surface area (Å²) in [5, 5.41) is 11.8. The van der Waals surface area contributed by atoms with Crippen molar-refractivity contribution in [1.82, 2.24) is 0 Å². The maximum absolute atomic E-state index is 11.9. The average molecular weight is 285 g/mol. The molecule has 1 aliphatic heterocycles. The van der Waals surface area contributed by atoms with Crippen LogP contribution >= 0.6 is 11.6 Å². The van der Waals surface area contributed by atoms with Crippen LogP contribution in [0.1, 0.15) is 0 Å². The fraction of sp³-hybridized carbons (Fsp3) is 0. The predicted molar refractivity (Wildman–Crippen MR) is 66.4 cm³/mol. The molecule has 1 heterocycles. The molecule has 3 rings (SSSR count). The topological polar surface area (TPSA) is 89.3 Å². The second kappa shape index (κ2) is 3.33. The van der Waals surface area contributed by atoms with Crippen molar-refractivity contribution in [3.8, 4) is 0 Å². The predicted octanol–water partition coefficient (Wildman–Crippen LogP) is 2.52. The molecule has 0 aromatic heterocycles. The van der Waals surface area contributed by atoms with E-state index >= 15 is 0 Å². The molecule has 0 atom stereocenters. The number of benzene rings is 2. The summed E-state index contributed by atoms with van der Waals surface area (Å²) in [6.07, 6.45) is 0. The highest BCUT2D eigenvalue weighted by atomic mass is 35.5. The molecule has 0 saturated carbocycles. The molecule has 2 aromatic carbocycles. The monoisotopic (exact) mass is 284 g/mol. The van der Waals surface area contributed by atoms with Gasteiger partial charge in [-0.1, -0.05) is 23.7 Å². The normalized spacial score (nSPS) is 15.6. The van der Waals surface area contributed by atoms with Gasteiger partial charge >= 0.3 is 0 Å². The summed E-state index contributed by atoms with van der Waals surface area (Å²) in [4.78, 5) is 9.88. The molecule has 0 spiro atoms. The number of sulfonamides is 1. The van der Waals surface area contributed by atoms with Gasteiger partial charge in [0.1, 0.15) is 0 Å². The zero-order valence-electron chi connectivity index (χ0n) is 8.68. The van der Waals surface area contributed by atoms with Crippen molar-refractivity contribution < 1.29 is 13.3 Å². The molecule has 0 unspecified atom stereocenters. The SMILES string of the molecule is O=[N+]([O-])c1cc(Cl)c2cccc3c2c1S(=O)(=O)N3. The summed E-state index contributed by atoms with van der Waals surface area (Å²) in [6, 6.07) is 5.86. The van der Waals surface area contributed by atoms with Gasteiger partial charge in [-0.2, -0.15) is 0 Å². The van der Waals surface area contributed by atoms with Crippen molar-refractivity contribution in [2.75, 3.05) is 4.72 Å². The average Bonchev–Trinajstić information content (AvgIpc) is 2.55. The molecule has 1 N–H and O–H groups in total. The van der Waals surface area contributed by atoms with Crippen LogP contribution in [0.15, 0.2) is 29.2 Å². The smallest absolute Gasteiger partial charge is 0.279 e. The maximum Gasteiger partial charge on any atom is 0.292 e. The summed E-state index contributed by atoms with van der Waals surface area (Å²) in [6.45, 7) is 0. The Balaban J connectivity index is 2.63. The molecule has 1 aliphatic rings.